The molecule has 24 heteroatoms. The molecular weight excluding hydrogens is 1130 g/mol. The fourth-order valence-electron chi connectivity index (χ4n) is 6.75. The van der Waals surface area contributed by atoms with E-state index in [1.165, 1.54) is 0 Å². The second-order valence-electron chi connectivity index (χ2n) is 25.9. The summed E-state index contributed by atoms with van der Waals surface area (Å²) >= 11 is 0. The van der Waals surface area contributed by atoms with Crippen molar-refractivity contribution < 1.29 is 114 Å². The van der Waals surface area contributed by atoms with Gasteiger partial charge < -0.3 is 56.8 Å². The Labute approximate surface area is 507 Å². The van der Waals surface area contributed by atoms with Crippen molar-refractivity contribution in [2.75, 3.05) is 39.6 Å². The van der Waals surface area contributed by atoms with Gasteiger partial charge in [0, 0.05) is 23.7 Å². The summed E-state index contributed by atoms with van der Waals surface area (Å²) < 4.78 is 59.3. The Kier molecular flexibility index (Phi) is 30.9. The number of carbonyl (C=O) groups excluding carboxylic acids is 12. The van der Waals surface area contributed by atoms with E-state index in [0.717, 1.165) is 12.8 Å². The van der Waals surface area contributed by atoms with Gasteiger partial charge in [0.15, 0.2) is 0 Å². The van der Waals surface area contributed by atoms with E-state index in [9.17, 15) is 57.5 Å². The molecule has 0 spiro atoms. The Bertz CT molecular complexity index is 2280. The van der Waals surface area contributed by atoms with Crippen molar-refractivity contribution in [3.63, 3.8) is 0 Å². The highest BCUT2D eigenvalue weighted by atomic mass is 16.6. The molecule has 0 radical (unpaired) electrons. The third kappa shape index (κ3) is 24.8. The molecule has 86 heavy (non-hydrogen) atoms. The summed E-state index contributed by atoms with van der Waals surface area (Å²) in [5, 5.41) is 0. The topological polar surface area (TPSA) is 316 Å². The van der Waals surface area contributed by atoms with Crippen molar-refractivity contribution in [2.24, 2.45) is 44.3 Å². The predicted octanol–water partition coefficient (Wildman–Crippen LogP) is 8.18. The molecular formula is C62H100O24. The molecule has 8 unspecified atom stereocenters. The van der Waals surface area contributed by atoms with Crippen LogP contribution < -0.4 is 0 Å². The molecule has 6 aliphatic heterocycles. The maximum absolute atomic E-state index is 11.9. The molecule has 0 aromatic heterocycles. The van der Waals surface area contributed by atoms with Crippen molar-refractivity contribution in [1.29, 1.82) is 0 Å². The van der Waals surface area contributed by atoms with E-state index in [-0.39, 0.29) is 97.9 Å². The zero-order valence-electron chi connectivity index (χ0n) is 54.7. The van der Waals surface area contributed by atoms with Gasteiger partial charge in [0.05, 0.1) is 59.6 Å². The van der Waals surface area contributed by atoms with E-state index in [1.807, 2.05) is 111 Å². The fraction of sp³-hybridized carbons (Fsp3) is 0.806. The summed E-state index contributed by atoms with van der Waals surface area (Å²) in [7, 11) is 0. The average Bonchev–Trinajstić information content (AvgIpc) is 2.65. The van der Waals surface area contributed by atoms with E-state index < -0.39 is 80.8 Å². The lowest BCUT2D eigenvalue weighted by Gasteiger charge is -2.27. The molecule has 8 atom stereocenters. The van der Waals surface area contributed by atoms with Gasteiger partial charge >= 0.3 is 71.6 Å². The number of ether oxygens (including phenoxy) is 12. The van der Waals surface area contributed by atoms with Crippen LogP contribution in [0.1, 0.15) is 203 Å². The van der Waals surface area contributed by atoms with Gasteiger partial charge in [0.25, 0.3) is 0 Å². The molecule has 6 fully saturated rings. The summed E-state index contributed by atoms with van der Waals surface area (Å²) in [6.45, 7) is 38.7. The van der Waals surface area contributed by atoms with Crippen LogP contribution in [0.25, 0.3) is 0 Å². The molecule has 6 rings (SSSR count). The van der Waals surface area contributed by atoms with Crippen molar-refractivity contribution in [1.82, 2.24) is 0 Å². The lowest BCUT2D eigenvalue weighted by molar-refractivity contribution is -0.170. The number of esters is 12. The van der Waals surface area contributed by atoms with Crippen LogP contribution >= 0.6 is 0 Å². The van der Waals surface area contributed by atoms with Crippen LogP contribution in [0, 0.1) is 44.3 Å². The number of carbonyl (C=O) groups is 12. The Morgan fingerprint density at radius 1 is 0.430 bits per heavy atom. The second-order valence-corrected chi connectivity index (χ2v) is 25.9. The van der Waals surface area contributed by atoms with Crippen LogP contribution in [-0.4, -0.2) is 148 Å². The van der Waals surface area contributed by atoms with Crippen LogP contribution in [-0.2, 0) is 114 Å². The van der Waals surface area contributed by atoms with E-state index in [2.05, 4.69) is 9.47 Å². The third-order valence-electron chi connectivity index (χ3n) is 15.7. The number of rotatable bonds is 18. The summed E-state index contributed by atoms with van der Waals surface area (Å²) in [5.41, 5.74) is -2.99. The van der Waals surface area contributed by atoms with E-state index in [1.54, 1.807) is 27.7 Å². The van der Waals surface area contributed by atoms with E-state index in [4.69, 9.17) is 47.4 Å². The maximum Gasteiger partial charge on any atom is 0.348 e. The first-order valence-corrected chi connectivity index (χ1v) is 29.8. The minimum Gasteiger partial charge on any atom is -0.463 e. The monoisotopic (exact) mass is 1230 g/mol. The van der Waals surface area contributed by atoms with E-state index in [0.29, 0.717) is 65.0 Å². The van der Waals surface area contributed by atoms with Gasteiger partial charge in [-0.1, -0.05) is 83.1 Å². The van der Waals surface area contributed by atoms with E-state index >= 15 is 0 Å². The van der Waals surface area contributed by atoms with Gasteiger partial charge in [-0.25, -0.2) is 19.2 Å². The van der Waals surface area contributed by atoms with Gasteiger partial charge in [0.1, 0.15) is 38.6 Å². The summed E-state index contributed by atoms with van der Waals surface area (Å²) in [5.74, 6) is -4.39. The Morgan fingerprint density at radius 2 is 0.733 bits per heavy atom. The Balaban J connectivity index is 0.000000517. The van der Waals surface area contributed by atoms with Crippen LogP contribution in [0.3, 0.4) is 0 Å². The van der Waals surface area contributed by atoms with Gasteiger partial charge in [-0.15, -0.1) is 0 Å². The maximum atomic E-state index is 11.9. The molecule has 0 amide bonds. The van der Waals surface area contributed by atoms with Crippen molar-refractivity contribution in [2.45, 2.75) is 239 Å². The second kappa shape index (κ2) is 34.3. The number of hydrogen-bond acceptors (Lipinski definition) is 24. The molecule has 0 aliphatic carbocycles. The Hall–Kier alpha value is -6.36. The minimum atomic E-state index is -0.772. The first-order valence-electron chi connectivity index (χ1n) is 29.8. The van der Waals surface area contributed by atoms with Gasteiger partial charge in [-0.3, -0.25) is 38.4 Å². The van der Waals surface area contributed by atoms with Gasteiger partial charge in [-0.2, -0.15) is 0 Å². The lowest BCUT2D eigenvalue weighted by atomic mass is 9.88. The highest BCUT2D eigenvalue weighted by Gasteiger charge is 2.49. The average molecular weight is 1230 g/mol. The van der Waals surface area contributed by atoms with Crippen molar-refractivity contribution in [3.05, 3.63) is 0 Å². The zero-order valence-corrected chi connectivity index (χ0v) is 54.7. The standard InChI is InChI=1S/2C12H20O4.2C10H16O4.2C9H14O4/c2*1-6-11(2,3)10(14)16-8-9(13)15-7-12(8,4)5;1-4-10(2,3)9(12)14-7-5-8(11)13-6-7;1-4-10(2,3)9(12)14-7-5-6-13-8(7)11;1-3-6(2)9(11)13-7-4-8(10)12-5-7;1-3-6(2)8(10)13-7-4-5-12-9(7)11/h2*8H,6-7H2,1-5H3;2*7H,4-6H2,1-3H3;2*6-7H,3-5H2,1-2H3. The number of cyclic esters (lactones) is 6. The SMILES string of the molecule is CCC(C)(C)C(=O)OC1C(=O)OCC1(C)C.CCC(C)(C)C(=O)OC1C(=O)OCC1(C)C.CCC(C)(C)C(=O)OC1CCOC1=O.CCC(C)(C)C(=O)OC1COC(=O)C1.CCC(C)C(=O)OC1CCOC1=O.CCC(C)C(=O)OC1COC(=O)C1. The number of hydrogen-bond donors (Lipinski definition) is 0. The fourth-order valence-corrected chi connectivity index (χ4v) is 6.75. The van der Waals surface area contributed by atoms with Crippen LogP contribution in [0.2, 0.25) is 0 Å². The third-order valence-corrected chi connectivity index (χ3v) is 15.7. The quantitative estimate of drug-likeness (QED) is 0.0922. The van der Waals surface area contributed by atoms with Gasteiger partial charge in [-0.05, 0) is 93.9 Å². The molecule has 0 aromatic rings. The normalized spacial score (nSPS) is 23.3. The largest absolute Gasteiger partial charge is 0.463 e. The van der Waals surface area contributed by atoms with Crippen LogP contribution in [0.4, 0.5) is 0 Å². The van der Waals surface area contributed by atoms with Crippen molar-refractivity contribution in [3.8, 4) is 0 Å². The molecule has 24 nitrogen and oxygen atoms in total. The molecule has 0 bridgehead atoms. The Morgan fingerprint density at radius 3 is 1.00 bits per heavy atom. The summed E-state index contributed by atoms with van der Waals surface area (Å²) in [4.78, 5) is 136. The highest BCUT2D eigenvalue weighted by molar-refractivity contribution is 5.85. The summed E-state index contributed by atoms with van der Waals surface area (Å²) in [6.07, 6.45) is 1.92. The molecule has 0 N–H and O–H groups in total. The molecule has 6 saturated heterocycles. The van der Waals surface area contributed by atoms with Crippen molar-refractivity contribution >= 4 is 71.6 Å². The lowest BCUT2D eigenvalue weighted by Crippen LogP contribution is -2.39. The molecule has 0 saturated carbocycles. The zero-order chi connectivity index (χ0) is 66.3. The molecule has 0 aromatic carbocycles. The predicted molar refractivity (Wildman–Crippen MR) is 306 cm³/mol. The highest BCUT2D eigenvalue weighted by Crippen LogP contribution is 2.35. The molecule has 6 aliphatic rings. The first-order chi connectivity index (χ1) is 39.6. The van der Waals surface area contributed by atoms with Gasteiger partial charge in [0.2, 0.25) is 24.4 Å². The van der Waals surface area contributed by atoms with Crippen LogP contribution in [0.5, 0.6) is 0 Å². The first kappa shape index (κ1) is 77.7. The van der Waals surface area contributed by atoms with Crippen LogP contribution in [0.15, 0.2) is 0 Å². The summed E-state index contributed by atoms with van der Waals surface area (Å²) in [6, 6.07) is 0. The molecule has 6 heterocycles. The smallest absolute Gasteiger partial charge is 0.348 e. The minimum absolute atomic E-state index is 0.101. The molecule has 492 valence electrons.